The van der Waals surface area contributed by atoms with Gasteiger partial charge in [0.25, 0.3) is 5.56 Å². The van der Waals surface area contributed by atoms with Crippen LogP contribution in [-0.2, 0) is 7.05 Å². The number of nitrogens with zero attached hydrogens (tertiary/aromatic N) is 3. The summed E-state index contributed by atoms with van der Waals surface area (Å²) in [6, 6.07) is 5.14. The summed E-state index contributed by atoms with van der Waals surface area (Å²) in [5.41, 5.74) is 6.70. The molecule has 0 amide bonds. The predicted molar refractivity (Wildman–Crippen MR) is 100.0 cm³/mol. The van der Waals surface area contributed by atoms with E-state index in [4.69, 9.17) is 28.9 Å². The second-order valence-electron chi connectivity index (χ2n) is 6.31. The van der Waals surface area contributed by atoms with Crippen molar-refractivity contribution in [2.75, 3.05) is 23.7 Å². The Balaban J connectivity index is 2.10. The van der Waals surface area contributed by atoms with Crippen LogP contribution in [0.5, 0.6) is 0 Å². The molecule has 3 rings (SSSR count). The largest absolute Gasteiger partial charge is 0.383 e. The molecule has 0 bridgehead atoms. The van der Waals surface area contributed by atoms with Gasteiger partial charge in [0.2, 0.25) is 5.95 Å². The first kappa shape index (κ1) is 17.1. The van der Waals surface area contributed by atoms with Gasteiger partial charge >= 0.3 is 0 Å². The first-order chi connectivity index (χ1) is 11.4. The molecule has 0 spiro atoms. The number of nitrogen functional groups attached to an aromatic ring is 1. The maximum Gasteiger partial charge on any atom is 0.264 e. The van der Waals surface area contributed by atoms with Crippen molar-refractivity contribution < 1.29 is 0 Å². The summed E-state index contributed by atoms with van der Waals surface area (Å²) in [7, 11) is 1.71. The molecule has 1 aromatic heterocycles. The summed E-state index contributed by atoms with van der Waals surface area (Å²) >= 11 is 12.3. The summed E-state index contributed by atoms with van der Waals surface area (Å²) in [6.45, 7) is 3.98. The Kier molecular flexibility index (Phi) is 4.74. The van der Waals surface area contributed by atoms with E-state index in [1.165, 1.54) is 0 Å². The van der Waals surface area contributed by atoms with Crippen LogP contribution >= 0.6 is 23.2 Å². The van der Waals surface area contributed by atoms with E-state index in [0.29, 0.717) is 33.0 Å². The fraction of sp³-hybridized carbons (Fsp3) is 0.412. The SMILES string of the molecule is CC1CCN(c2nc(N)c(-c3cccc(Cl)c3Cl)c(=O)n2C)CC1. The second kappa shape index (κ2) is 6.65. The van der Waals surface area contributed by atoms with Gasteiger partial charge in [-0.25, -0.2) is 0 Å². The van der Waals surface area contributed by atoms with Crippen molar-refractivity contribution in [1.82, 2.24) is 9.55 Å². The van der Waals surface area contributed by atoms with Crippen LogP contribution in [0.1, 0.15) is 19.8 Å². The van der Waals surface area contributed by atoms with Crippen molar-refractivity contribution in [3.8, 4) is 11.1 Å². The van der Waals surface area contributed by atoms with Crippen LogP contribution < -0.4 is 16.2 Å². The molecule has 1 aromatic carbocycles. The van der Waals surface area contributed by atoms with E-state index in [2.05, 4.69) is 16.8 Å². The van der Waals surface area contributed by atoms with Crippen LogP contribution in [0.15, 0.2) is 23.0 Å². The van der Waals surface area contributed by atoms with Crippen molar-refractivity contribution >= 4 is 35.0 Å². The molecule has 1 fully saturated rings. The second-order valence-corrected chi connectivity index (χ2v) is 7.09. The van der Waals surface area contributed by atoms with Crippen LogP contribution in [0, 0.1) is 5.92 Å². The monoisotopic (exact) mass is 366 g/mol. The molecule has 1 saturated heterocycles. The molecule has 7 heteroatoms. The van der Waals surface area contributed by atoms with E-state index in [-0.39, 0.29) is 11.4 Å². The number of halogens is 2. The van der Waals surface area contributed by atoms with Crippen LogP contribution in [-0.4, -0.2) is 22.6 Å². The predicted octanol–water partition coefficient (Wildman–Crippen LogP) is 3.57. The molecular weight excluding hydrogens is 347 g/mol. The van der Waals surface area contributed by atoms with E-state index in [9.17, 15) is 4.79 Å². The highest BCUT2D eigenvalue weighted by atomic mass is 35.5. The number of benzene rings is 1. The van der Waals surface area contributed by atoms with Gasteiger partial charge < -0.3 is 10.6 Å². The van der Waals surface area contributed by atoms with Gasteiger partial charge in [-0.2, -0.15) is 4.98 Å². The lowest BCUT2D eigenvalue weighted by Crippen LogP contribution is -2.38. The number of piperidine rings is 1. The highest BCUT2D eigenvalue weighted by molar-refractivity contribution is 6.43. The van der Waals surface area contributed by atoms with Gasteiger partial charge in [0, 0.05) is 25.7 Å². The van der Waals surface area contributed by atoms with E-state index < -0.39 is 0 Å². The molecular formula is C17H20Cl2N4O. The maximum atomic E-state index is 12.9. The number of hydrogen-bond acceptors (Lipinski definition) is 4. The molecule has 1 aliphatic heterocycles. The molecule has 5 nitrogen and oxygen atoms in total. The van der Waals surface area contributed by atoms with Crippen molar-refractivity contribution in [3.05, 3.63) is 38.6 Å². The lowest BCUT2D eigenvalue weighted by Gasteiger charge is -2.32. The Morgan fingerprint density at radius 1 is 1.25 bits per heavy atom. The van der Waals surface area contributed by atoms with Gasteiger partial charge in [-0.15, -0.1) is 0 Å². The Morgan fingerprint density at radius 3 is 2.58 bits per heavy atom. The fourth-order valence-electron chi connectivity index (χ4n) is 3.05. The normalized spacial score (nSPS) is 15.8. The Bertz CT molecular complexity index is 826. The molecule has 0 radical (unpaired) electrons. The summed E-state index contributed by atoms with van der Waals surface area (Å²) in [5, 5.41) is 0.689. The lowest BCUT2D eigenvalue weighted by molar-refractivity contribution is 0.431. The molecule has 2 N–H and O–H groups in total. The van der Waals surface area contributed by atoms with Gasteiger partial charge in [0.15, 0.2) is 0 Å². The van der Waals surface area contributed by atoms with Crippen molar-refractivity contribution in [1.29, 1.82) is 0 Å². The molecule has 0 atom stereocenters. The molecule has 0 saturated carbocycles. The van der Waals surface area contributed by atoms with Gasteiger partial charge in [0.05, 0.1) is 15.6 Å². The third-order valence-electron chi connectivity index (χ3n) is 4.58. The van der Waals surface area contributed by atoms with Crippen LogP contribution in [0.4, 0.5) is 11.8 Å². The average molecular weight is 367 g/mol. The maximum absolute atomic E-state index is 12.9. The number of nitrogens with two attached hydrogens (primary N) is 1. The van der Waals surface area contributed by atoms with Crippen LogP contribution in [0.3, 0.4) is 0 Å². The summed E-state index contributed by atoms with van der Waals surface area (Å²) in [4.78, 5) is 19.5. The summed E-state index contributed by atoms with van der Waals surface area (Å²) < 4.78 is 1.54. The Hall–Kier alpha value is -1.72. The quantitative estimate of drug-likeness (QED) is 0.881. The molecule has 24 heavy (non-hydrogen) atoms. The molecule has 2 aromatic rings. The number of hydrogen-bond donors (Lipinski definition) is 1. The fourth-order valence-corrected chi connectivity index (χ4v) is 3.44. The lowest BCUT2D eigenvalue weighted by atomic mass is 9.99. The number of rotatable bonds is 2. The topological polar surface area (TPSA) is 64.2 Å². The van der Waals surface area contributed by atoms with Gasteiger partial charge in [-0.1, -0.05) is 42.3 Å². The highest BCUT2D eigenvalue weighted by Crippen LogP contribution is 2.34. The number of anilines is 2. The van der Waals surface area contributed by atoms with E-state index >= 15 is 0 Å². The molecule has 0 unspecified atom stereocenters. The molecule has 1 aliphatic rings. The van der Waals surface area contributed by atoms with E-state index in [1.807, 2.05) is 0 Å². The van der Waals surface area contributed by atoms with Crippen LogP contribution in [0.2, 0.25) is 10.0 Å². The van der Waals surface area contributed by atoms with Crippen LogP contribution in [0.25, 0.3) is 11.1 Å². The van der Waals surface area contributed by atoms with Crippen molar-refractivity contribution in [3.63, 3.8) is 0 Å². The summed E-state index contributed by atoms with van der Waals surface area (Å²) in [6.07, 6.45) is 2.16. The Labute approximate surface area is 151 Å². The molecule has 128 valence electrons. The third-order valence-corrected chi connectivity index (χ3v) is 5.40. The molecule has 2 heterocycles. The van der Waals surface area contributed by atoms with Crippen molar-refractivity contribution in [2.45, 2.75) is 19.8 Å². The number of aromatic nitrogens is 2. The summed E-state index contributed by atoms with van der Waals surface area (Å²) in [5.74, 6) is 1.47. The Morgan fingerprint density at radius 2 is 1.92 bits per heavy atom. The van der Waals surface area contributed by atoms with E-state index in [0.717, 1.165) is 25.9 Å². The van der Waals surface area contributed by atoms with E-state index in [1.54, 1.807) is 29.8 Å². The van der Waals surface area contributed by atoms with Crippen molar-refractivity contribution in [2.24, 2.45) is 13.0 Å². The zero-order chi connectivity index (χ0) is 17.4. The van der Waals surface area contributed by atoms with Gasteiger partial charge in [-0.05, 0) is 24.8 Å². The minimum Gasteiger partial charge on any atom is -0.383 e. The third kappa shape index (κ3) is 2.98. The standard InChI is InChI=1S/C17H20Cl2N4O/c1-10-6-8-23(9-7-10)17-21-15(20)13(16(24)22(17)2)11-4-3-5-12(18)14(11)19/h3-5,10H,6-9,20H2,1-2H3. The zero-order valence-electron chi connectivity index (χ0n) is 13.7. The molecule has 0 aliphatic carbocycles. The first-order valence-corrected chi connectivity index (χ1v) is 8.71. The smallest absolute Gasteiger partial charge is 0.264 e. The zero-order valence-corrected chi connectivity index (χ0v) is 15.2. The van der Waals surface area contributed by atoms with Gasteiger partial charge in [0.1, 0.15) is 5.82 Å². The minimum atomic E-state index is -0.222. The minimum absolute atomic E-state index is 0.177. The first-order valence-electron chi connectivity index (χ1n) is 7.96. The highest BCUT2D eigenvalue weighted by Gasteiger charge is 2.23. The average Bonchev–Trinajstić information content (AvgIpc) is 2.56. The van der Waals surface area contributed by atoms with Gasteiger partial charge in [-0.3, -0.25) is 9.36 Å².